The van der Waals surface area contributed by atoms with Crippen molar-refractivity contribution in [3.63, 3.8) is 0 Å². The molecule has 0 aromatic heterocycles. The third kappa shape index (κ3) is 7.66. The molecule has 0 aromatic rings. The fourth-order valence-electron chi connectivity index (χ4n) is 11.1. The van der Waals surface area contributed by atoms with Gasteiger partial charge in [0.1, 0.15) is 6.10 Å². The highest BCUT2D eigenvalue weighted by atomic mass is 16.5. The van der Waals surface area contributed by atoms with E-state index in [0.29, 0.717) is 5.41 Å². The zero-order chi connectivity index (χ0) is 29.5. The van der Waals surface area contributed by atoms with Crippen LogP contribution >= 0.6 is 0 Å². The van der Waals surface area contributed by atoms with E-state index in [2.05, 4.69) is 47.6 Å². The molecule has 2 nitrogen and oxygen atoms in total. The number of carbonyl (C=O) groups excluding carboxylic acids is 1. The van der Waals surface area contributed by atoms with Gasteiger partial charge < -0.3 is 4.74 Å². The van der Waals surface area contributed by atoms with Gasteiger partial charge in [0.25, 0.3) is 0 Å². The molecular formula is C39H68O2. The molecule has 0 N–H and O–H groups in total. The number of rotatable bonds is 15. The lowest BCUT2D eigenvalue weighted by Gasteiger charge is -2.62. The Morgan fingerprint density at radius 3 is 2.34 bits per heavy atom. The molecule has 4 rings (SSSR count). The second-order valence-electron chi connectivity index (χ2n) is 16.2. The maximum atomic E-state index is 13.1. The number of ether oxygens (including phenoxy) is 1. The number of carbonyl (C=O) groups is 1. The SMILES string of the molecule is CCCCCCCCC/C=C/C(=O)OC1CCC[C@@H]2CC[C@@H]3[C@@H]4CC[C@@H]([C@@H](C)CCCC(C)C)[C@@]4(C)CC[C@@H]3[C@@]12C. The first-order valence-electron chi connectivity index (χ1n) is 18.6. The first-order chi connectivity index (χ1) is 19.7. The van der Waals surface area contributed by atoms with Crippen molar-refractivity contribution in [2.24, 2.45) is 52.3 Å². The average Bonchev–Trinajstić information content (AvgIpc) is 3.29. The number of hydrogen-bond donors (Lipinski definition) is 0. The van der Waals surface area contributed by atoms with Gasteiger partial charge in [-0.15, -0.1) is 0 Å². The number of fused-ring (bicyclic) bond motifs is 5. The lowest BCUT2D eigenvalue weighted by molar-refractivity contribution is -0.188. The van der Waals surface area contributed by atoms with Crippen LogP contribution in [0.2, 0.25) is 0 Å². The van der Waals surface area contributed by atoms with Crippen LogP contribution in [0.25, 0.3) is 0 Å². The summed E-state index contributed by atoms with van der Waals surface area (Å²) in [6.45, 7) is 14.9. The maximum absolute atomic E-state index is 13.1. The van der Waals surface area contributed by atoms with Crippen molar-refractivity contribution in [1.82, 2.24) is 0 Å². The highest BCUT2D eigenvalue weighted by Crippen LogP contribution is 2.68. The van der Waals surface area contributed by atoms with Gasteiger partial charge in [-0.25, -0.2) is 4.79 Å². The van der Waals surface area contributed by atoms with Gasteiger partial charge in [-0.3, -0.25) is 0 Å². The normalized spacial score (nSPS) is 37.5. The van der Waals surface area contributed by atoms with Crippen LogP contribution in [0, 0.1) is 52.3 Å². The Bertz CT molecular complexity index is 829. The van der Waals surface area contributed by atoms with Gasteiger partial charge in [-0.05, 0) is 117 Å². The van der Waals surface area contributed by atoms with Gasteiger partial charge in [0, 0.05) is 11.5 Å². The fourth-order valence-corrected chi connectivity index (χ4v) is 11.1. The lowest BCUT2D eigenvalue weighted by atomic mass is 9.44. The van der Waals surface area contributed by atoms with Gasteiger partial charge in [-0.1, -0.05) is 105 Å². The summed E-state index contributed by atoms with van der Waals surface area (Å²) in [5.74, 6) is 5.74. The van der Waals surface area contributed by atoms with E-state index in [1.54, 1.807) is 6.08 Å². The van der Waals surface area contributed by atoms with Crippen molar-refractivity contribution in [3.8, 4) is 0 Å². The first kappa shape index (κ1) is 33.1. The molecule has 4 fully saturated rings. The molecule has 0 aliphatic heterocycles. The Morgan fingerprint density at radius 2 is 1.59 bits per heavy atom. The molecular weight excluding hydrogens is 500 g/mol. The summed E-state index contributed by atoms with van der Waals surface area (Å²) < 4.78 is 6.42. The van der Waals surface area contributed by atoms with Gasteiger partial charge in [0.05, 0.1) is 0 Å². The molecule has 2 heteroatoms. The number of esters is 1. The Hall–Kier alpha value is -0.790. The molecule has 0 saturated heterocycles. The molecule has 9 atom stereocenters. The van der Waals surface area contributed by atoms with Crippen LogP contribution in [-0.2, 0) is 9.53 Å². The quantitative estimate of drug-likeness (QED) is 0.112. The molecule has 0 aromatic carbocycles. The van der Waals surface area contributed by atoms with Crippen molar-refractivity contribution in [1.29, 1.82) is 0 Å². The average molecular weight is 569 g/mol. The first-order valence-corrected chi connectivity index (χ1v) is 18.6. The van der Waals surface area contributed by atoms with Crippen molar-refractivity contribution in [2.75, 3.05) is 0 Å². The third-order valence-corrected chi connectivity index (χ3v) is 13.4. The number of allylic oxidation sites excluding steroid dienone is 1. The van der Waals surface area contributed by atoms with Crippen molar-refractivity contribution in [2.45, 2.75) is 176 Å². The summed E-state index contributed by atoms with van der Waals surface area (Å²) in [4.78, 5) is 13.1. The van der Waals surface area contributed by atoms with Crippen LogP contribution in [0.4, 0.5) is 0 Å². The van der Waals surface area contributed by atoms with Gasteiger partial charge in [0.2, 0.25) is 0 Å². The van der Waals surface area contributed by atoms with E-state index < -0.39 is 0 Å². The summed E-state index contributed by atoms with van der Waals surface area (Å²) in [5, 5.41) is 0. The summed E-state index contributed by atoms with van der Waals surface area (Å²) in [6, 6.07) is 0. The van der Waals surface area contributed by atoms with Crippen molar-refractivity contribution in [3.05, 3.63) is 12.2 Å². The summed E-state index contributed by atoms with van der Waals surface area (Å²) in [7, 11) is 0. The number of hydrogen-bond acceptors (Lipinski definition) is 2. The van der Waals surface area contributed by atoms with Crippen LogP contribution < -0.4 is 0 Å². The van der Waals surface area contributed by atoms with Crippen LogP contribution in [-0.4, -0.2) is 12.1 Å². The standard InChI is InChI=1S/C39H68O2/c1-7-8-9-10-11-12-13-14-15-22-37(40)41-36-21-17-20-31-23-24-32-34-26-25-33(30(4)19-16-18-29(2)3)38(34,5)28-27-35(32)39(31,36)6/h15,22,29-36H,7-14,16-21,23-28H2,1-6H3/b22-15+/t30-,31+,32+,33-,34-,35-,36?,38+,39-/m0/s1. The Labute approximate surface area is 255 Å². The van der Waals surface area contributed by atoms with Crippen LogP contribution in [0.1, 0.15) is 170 Å². The highest BCUT2D eigenvalue weighted by molar-refractivity contribution is 5.82. The molecule has 41 heavy (non-hydrogen) atoms. The Kier molecular flexibility index (Phi) is 12.3. The molecule has 4 aliphatic carbocycles. The van der Waals surface area contributed by atoms with E-state index in [1.807, 2.05) is 0 Å². The third-order valence-electron chi connectivity index (χ3n) is 13.4. The zero-order valence-electron chi connectivity index (χ0n) is 28.2. The minimum atomic E-state index is -0.0706. The summed E-state index contributed by atoms with van der Waals surface area (Å²) in [6.07, 6.45) is 30.5. The van der Waals surface area contributed by atoms with Crippen molar-refractivity contribution >= 4 is 5.97 Å². The smallest absolute Gasteiger partial charge is 0.330 e. The monoisotopic (exact) mass is 569 g/mol. The van der Waals surface area contributed by atoms with Crippen LogP contribution in [0.3, 0.4) is 0 Å². The largest absolute Gasteiger partial charge is 0.459 e. The second-order valence-corrected chi connectivity index (χ2v) is 16.2. The van der Waals surface area contributed by atoms with Crippen molar-refractivity contribution < 1.29 is 9.53 Å². The van der Waals surface area contributed by atoms with E-state index in [-0.39, 0.29) is 17.5 Å². The predicted octanol–water partition coefficient (Wildman–Crippen LogP) is 11.7. The molecule has 4 aliphatic rings. The minimum absolute atomic E-state index is 0.0706. The molecule has 0 bridgehead atoms. The molecule has 4 saturated carbocycles. The molecule has 1 unspecified atom stereocenters. The zero-order valence-corrected chi connectivity index (χ0v) is 28.2. The minimum Gasteiger partial charge on any atom is -0.459 e. The predicted molar refractivity (Wildman–Crippen MR) is 175 cm³/mol. The van der Waals surface area contributed by atoms with Crippen LogP contribution in [0.15, 0.2) is 12.2 Å². The van der Waals surface area contributed by atoms with E-state index in [4.69, 9.17) is 4.74 Å². The number of unbranched alkanes of at least 4 members (excludes halogenated alkanes) is 7. The topological polar surface area (TPSA) is 26.3 Å². The van der Waals surface area contributed by atoms with Crippen LogP contribution in [0.5, 0.6) is 0 Å². The molecule has 0 heterocycles. The summed E-state index contributed by atoms with van der Waals surface area (Å²) >= 11 is 0. The molecule has 0 spiro atoms. The van der Waals surface area contributed by atoms with E-state index in [1.165, 1.54) is 116 Å². The second kappa shape index (κ2) is 15.3. The Morgan fingerprint density at radius 1 is 0.829 bits per heavy atom. The molecule has 236 valence electrons. The van der Waals surface area contributed by atoms with E-state index in [0.717, 1.165) is 54.3 Å². The fraction of sp³-hybridized carbons (Fsp3) is 0.923. The van der Waals surface area contributed by atoms with E-state index in [9.17, 15) is 4.79 Å². The molecule has 0 amide bonds. The van der Waals surface area contributed by atoms with E-state index >= 15 is 0 Å². The van der Waals surface area contributed by atoms with Gasteiger partial charge in [-0.2, -0.15) is 0 Å². The van der Waals surface area contributed by atoms with Gasteiger partial charge in [0.15, 0.2) is 0 Å². The molecule has 0 radical (unpaired) electrons. The highest BCUT2D eigenvalue weighted by Gasteiger charge is 2.62. The maximum Gasteiger partial charge on any atom is 0.330 e. The Balaban J connectivity index is 1.34. The summed E-state index contributed by atoms with van der Waals surface area (Å²) in [5.41, 5.74) is 0.701. The lowest BCUT2D eigenvalue weighted by Crippen LogP contribution is -2.58. The van der Waals surface area contributed by atoms with Gasteiger partial charge >= 0.3 is 5.97 Å².